The Balaban J connectivity index is 2.18. The Morgan fingerprint density at radius 2 is 2.00 bits per heavy atom. The minimum atomic E-state index is -1.26. The summed E-state index contributed by atoms with van der Waals surface area (Å²) in [4.78, 5) is 23.9. The number of aliphatic hydroxyl groups excluding tert-OH is 1. The summed E-state index contributed by atoms with van der Waals surface area (Å²) in [6, 6.07) is -0.443. The first-order chi connectivity index (χ1) is 9.79. The van der Waals surface area contributed by atoms with E-state index in [-0.39, 0.29) is 23.1 Å². The number of amides is 2. The van der Waals surface area contributed by atoms with E-state index in [0.29, 0.717) is 6.07 Å². The zero-order valence-electron chi connectivity index (χ0n) is 10.5. The largest absolute Gasteiger partial charge is 0.480 e. The summed E-state index contributed by atoms with van der Waals surface area (Å²) in [5, 5.41) is 20.6. The highest BCUT2D eigenvalue weighted by atomic mass is 79.9. The zero-order chi connectivity index (χ0) is 15.7. The van der Waals surface area contributed by atoms with Crippen molar-refractivity contribution in [3.63, 3.8) is 0 Å². The molecule has 1 aliphatic heterocycles. The minimum Gasteiger partial charge on any atom is -0.480 e. The molecule has 1 aliphatic rings. The number of halogens is 3. The van der Waals surface area contributed by atoms with Crippen LogP contribution in [0, 0.1) is 11.6 Å². The van der Waals surface area contributed by atoms with E-state index in [0.717, 1.165) is 11.0 Å². The summed E-state index contributed by atoms with van der Waals surface area (Å²) < 4.78 is 26.6. The van der Waals surface area contributed by atoms with Gasteiger partial charge in [-0.1, -0.05) is 0 Å². The van der Waals surface area contributed by atoms with Crippen molar-refractivity contribution in [1.82, 2.24) is 4.90 Å². The van der Waals surface area contributed by atoms with Crippen LogP contribution in [0.25, 0.3) is 0 Å². The molecule has 0 bridgehead atoms. The van der Waals surface area contributed by atoms with E-state index in [2.05, 4.69) is 21.2 Å². The van der Waals surface area contributed by atoms with Gasteiger partial charge in [0, 0.05) is 19.0 Å². The fraction of sp³-hybridized carbons (Fsp3) is 0.333. The molecule has 0 unspecified atom stereocenters. The van der Waals surface area contributed by atoms with Gasteiger partial charge in [0.15, 0.2) is 0 Å². The lowest BCUT2D eigenvalue weighted by atomic mass is 10.2. The molecule has 1 aromatic rings. The maximum absolute atomic E-state index is 13.6. The van der Waals surface area contributed by atoms with Crippen molar-refractivity contribution >= 4 is 33.6 Å². The van der Waals surface area contributed by atoms with Crippen LogP contribution in [0.5, 0.6) is 0 Å². The second kappa shape index (κ2) is 5.94. The zero-order valence-corrected chi connectivity index (χ0v) is 12.1. The van der Waals surface area contributed by atoms with E-state index in [1.54, 1.807) is 0 Å². The number of carbonyl (C=O) groups is 2. The molecular weight excluding hydrogens is 354 g/mol. The third-order valence-electron chi connectivity index (χ3n) is 3.08. The molecule has 1 aromatic carbocycles. The summed E-state index contributed by atoms with van der Waals surface area (Å²) in [5.74, 6) is -3.08. The number of urea groups is 1. The van der Waals surface area contributed by atoms with Crippen LogP contribution in [0.4, 0.5) is 19.3 Å². The quantitative estimate of drug-likeness (QED) is 0.697. The monoisotopic (exact) mass is 364 g/mol. The Hall–Kier alpha value is -1.74. The van der Waals surface area contributed by atoms with Crippen LogP contribution in [0.1, 0.15) is 6.42 Å². The number of carboxylic acid groups (broad SMARTS) is 1. The van der Waals surface area contributed by atoms with Crippen LogP contribution >= 0.6 is 15.9 Å². The Morgan fingerprint density at radius 1 is 1.33 bits per heavy atom. The SMILES string of the molecule is O=C(O)[C@H]1C[C@@H](O)CN1C(=O)Nc1cc(Br)c(F)cc1F. The Kier molecular flexibility index (Phi) is 4.43. The highest BCUT2D eigenvalue weighted by molar-refractivity contribution is 9.10. The molecule has 1 fully saturated rings. The third-order valence-corrected chi connectivity index (χ3v) is 3.68. The van der Waals surface area contributed by atoms with Gasteiger partial charge in [0.1, 0.15) is 17.7 Å². The molecule has 3 N–H and O–H groups in total. The summed E-state index contributed by atoms with van der Waals surface area (Å²) in [6.07, 6.45) is -1.06. The molecule has 114 valence electrons. The highest BCUT2D eigenvalue weighted by Crippen LogP contribution is 2.25. The fourth-order valence-corrected chi connectivity index (χ4v) is 2.42. The number of nitrogens with zero attached hydrogens (tertiary/aromatic N) is 1. The fourth-order valence-electron chi connectivity index (χ4n) is 2.08. The average Bonchev–Trinajstić information content (AvgIpc) is 2.78. The number of carbonyl (C=O) groups excluding carboxylic acids is 1. The van der Waals surface area contributed by atoms with Gasteiger partial charge in [0.2, 0.25) is 0 Å². The van der Waals surface area contributed by atoms with Crippen LogP contribution in [0.15, 0.2) is 16.6 Å². The van der Waals surface area contributed by atoms with E-state index in [4.69, 9.17) is 5.11 Å². The van der Waals surface area contributed by atoms with E-state index < -0.39 is 35.8 Å². The van der Waals surface area contributed by atoms with Gasteiger partial charge < -0.3 is 20.4 Å². The molecule has 2 rings (SSSR count). The number of benzene rings is 1. The molecule has 0 aromatic heterocycles. The Labute approximate surface area is 126 Å². The number of nitrogens with one attached hydrogen (secondary N) is 1. The smallest absolute Gasteiger partial charge is 0.326 e. The third kappa shape index (κ3) is 3.30. The van der Waals surface area contributed by atoms with Crippen molar-refractivity contribution in [3.05, 3.63) is 28.2 Å². The number of rotatable bonds is 2. The summed E-state index contributed by atoms with van der Waals surface area (Å²) in [7, 11) is 0. The molecule has 0 saturated carbocycles. The first kappa shape index (κ1) is 15.6. The predicted molar refractivity (Wildman–Crippen MR) is 71.8 cm³/mol. The van der Waals surface area contributed by atoms with Gasteiger partial charge >= 0.3 is 12.0 Å². The van der Waals surface area contributed by atoms with Gasteiger partial charge in [-0.15, -0.1) is 0 Å². The topological polar surface area (TPSA) is 89.9 Å². The van der Waals surface area contributed by atoms with Crippen LogP contribution in [0.2, 0.25) is 0 Å². The van der Waals surface area contributed by atoms with Crippen molar-refractivity contribution < 1.29 is 28.6 Å². The molecular formula is C12H11BrF2N2O4. The van der Waals surface area contributed by atoms with Crippen molar-refractivity contribution in [2.45, 2.75) is 18.6 Å². The molecule has 9 heteroatoms. The number of aliphatic carboxylic acids is 1. The maximum Gasteiger partial charge on any atom is 0.326 e. The van der Waals surface area contributed by atoms with Gasteiger partial charge in [-0.25, -0.2) is 18.4 Å². The standard InChI is InChI=1S/C12H11BrF2N2O4/c13-6-2-9(8(15)3-7(6)14)16-12(21)17-4-5(18)1-10(17)11(19)20/h2-3,5,10,18H,1,4H2,(H,16,21)(H,19,20)/t5-,10-/m1/s1. The number of anilines is 1. The Bertz CT molecular complexity index is 599. The number of β-amino-alcohol motifs (C(OH)–C–C–N with tert-alkyl or cyclic N) is 1. The number of carboxylic acids is 1. The minimum absolute atomic E-state index is 0.0459. The molecule has 21 heavy (non-hydrogen) atoms. The second-order valence-electron chi connectivity index (χ2n) is 4.57. The molecule has 1 saturated heterocycles. The lowest BCUT2D eigenvalue weighted by molar-refractivity contribution is -0.141. The maximum atomic E-state index is 13.6. The van der Waals surface area contributed by atoms with E-state index in [1.165, 1.54) is 0 Å². The average molecular weight is 365 g/mol. The van der Waals surface area contributed by atoms with Gasteiger partial charge in [0.05, 0.1) is 16.3 Å². The second-order valence-corrected chi connectivity index (χ2v) is 5.43. The normalized spacial score (nSPS) is 21.4. The first-order valence-corrected chi connectivity index (χ1v) is 6.72. The van der Waals surface area contributed by atoms with Crippen LogP contribution in [0.3, 0.4) is 0 Å². The number of likely N-dealkylation sites (tertiary alicyclic amines) is 1. The van der Waals surface area contributed by atoms with Crippen molar-refractivity contribution in [3.8, 4) is 0 Å². The first-order valence-electron chi connectivity index (χ1n) is 5.92. The molecule has 2 amide bonds. The van der Waals surface area contributed by atoms with Crippen LogP contribution in [-0.4, -0.2) is 45.8 Å². The van der Waals surface area contributed by atoms with Gasteiger partial charge in [0.25, 0.3) is 0 Å². The summed E-state index contributed by atoms with van der Waals surface area (Å²) >= 11 is 2.86. The Morgan fingerprint density at radius 3 is 2.62 bits per heavy atom. The van der Waals surface area contributed by atoms with E-state index >= 15 is 0 Å². The lowest BCUT2D eigenvalue weighted by Crippen LogP contribution is -2.43. The molecule has 0 aliphatic carbocycles. The molecule has 6 nitrogen and oxygen atoms in total. The van der Waals surface area contributed by atoms with Crippen molar-refractivity contribution in [2.24, 2.45) is 0 Å². The van der Waals surface area contributed by atoms with E-state index in [9.17, 15) is 23.5 Å². The summed E-state index contributed by atoms with van der Waals surface area (Å²) in [5.41, 5.74) is -0.293. The van der Waals surface area contributed by atoms with Crippen LogP contribution in [-0.2, 0) is 4.79 Å². The number of hydrogen-bond acceptors (Lipinski definition) is 3. The van der Waals surface area contributed by atoms with Gasteiger partial charge in [-0.05, 0) is 22.0 Å². The van der Waals surface area contributed by atoms with Gasteiger partial charge in [-0.2, -0.15) is 0 Å². The number of aliphatic hydroxyl groups is 1. The number of hydrogen-bond donors (Lipinski definition) is 3. The molecule has 0 spiro atoms. The molecule has 2 atom stereocenters. The van der Waals surface area contributed by atoms with Crippen LogP contribution < -0.4 is 5.32 Å². The lowest BCUT2D eigenvalue weighted by Gasteiger charge is -2.21. The van der Waals surface area contributed by atoms with E-state index in [1.807, 2.05) is 0 Å². The highest BCUT2D eigenvalue weighted by Gasteiger charge is 2.39. The van der Waals surface area contributed by atoms with Gasteiger partial charge in [-0.3, -0.25) is 0 Å². The molecule has 1 heterocycles. The summed E-state index contributed by atoms with van der Waals surface area (Å²) in [6.45, 7) is -0.174. The van der Waals surface area contributed by atoms with Crippen molar-refractivity contribution in [1.29, 1.82) is 0 Å². The predicted octanol–water partition coefficient (Wildman–Crippen LogP) is 1.78. The molecule has 0 radical (unpaired) electrons. The van der Waals surface area contributed by atoms with Crippen molar-refractivity contribution in [2.75, 3.05) is 11.9 Å².